The minimum absolute atomic E-state index is 0.0333. The number of nitrogens with zero attached hydrogens (tertiary/aromatic N) is 4. The Bertz CT molecular complexity index is 2800. The summed E-state index contributed by atoms with van der Waals surface area (Å²) in [6.07, 6.45) is 2.28. The lowest BCUT2D eigenvalue weighted by Gasteiger charge is -2.41. The van der Waals surface area contributed by atoms with Crippen molar-refractivity contribution < 1.29 is 66.9 Å². The van der Waals surface area contributed by atoms with Crippen molar-refractivity contribution in [2.45, 2.75) is 175 Å². The van der Waals surface area contributed by atoms with E-state index in [0.717, 1.165) is 10.6 Å². The highest BCUT2D eigenvalue weighted by Crippen LogP contribution is 2.31. The van der Waals surface area contributed by atoms with Crippen LogP contribution in [0.3, 0.4) is 0 Å². The molecule has 0 aliphatic carbocycles. The molecule has 0 unspecified atom stereocenters. The van der Waals surface area contributed by atoms with Crippen LogP contribution in [-0.2, 0) is 70.4 Å². The van der Waals surface area contributed by atoms with E-state index in [0.29, 0.717) is 43.5 Å². The van der Waals surface area contributed by atoms with Crippen LogP contribution in [0, 0.1) is 29.6 Å². The molecule has 1 aliphatic rings. The number of nitrogens with one attached hydrogen (secondary N) is 6. The van der Waals surface area contributed by atoms with Gasteiger partial charge in [-0.2, -0.15) is 0 Å². The van der Waals surface area contributed by atoms with Crippen molar-refractivity contribution in [1.82, 2.24) is 46.3 Å². The summed E-state index contributed by atoms with van der Waals surface area (Å²) < 4.78 is 23.2. The maximum Gasteiger partial charge on any atom is 0.410 e. The van der Waals surface area contributed by atoms with Gasteiger partial charge >= 0.3 is 12.1 Å². The van der Waals surface area contributed by atoms with Crippen LogP contribution < -0.4 is 43.5 Å². The molecule has 26 nitrogen and oxygen atoms in total. The van der Waals surface area contributed by atoms with Crippen LogP contribution >= 0.6 is 11.3 Å². The van der Waals surface area contributed by atoms with Crippen LogP contribution in [0.25, 0.3) is 0 Å². The second-order valence-electron chi connectivity index (χ2n) is 24.5. The van der Waals surface area contributed by atoms with E-state index in [2.05, 4.69) is 41.7 Å². The second kappa shape index (κ2) is 39.3. The molecule has 27 heteroatoms. The van der Waals surface area contributed by atoms with Gasteiger partial charge in [0.25, 0.3) is 0 Å². The highest BCUT2D eigenvalue weighted by Gasteiger charge is 2.44. The number of likely N-dealkylation sites (tertiary alicyclic amines) is 1. The first kappa shape index (κ1) is 77.1. The zero-order valence-electron chi connectivity index (χ0n) is 55.9. The van der Waals surface area contributed by atoms with E-state index in [4.69, 9.17) is 30.6 Å². The number of hydrogen-bond donors (Lipinski definition) is 8. The number of nitrogens with two attached hydrogens (primary N) is 2. The van der Waals surface area contributed by atoms with E-state index >= 15 is 0 Å². The lowest BCUT2D eigenvalue weighted by molar-refractivity contribution is -0.148. The molecule has 0 bridgehead atoms. The number of primary amides is 1. The summed E-state index contributed by atoms with van der Waals surface area (Å²) in [6.45, 7) is 17.2. The van der Waals surface area contributed by atoms with Gasteiger partial charge in [-0.05, 0) is 79.0 Å². The lowest BCUT2D eigenvalue weighted by Crippen LogP contribution is -2.60. The molecule has 92 heavy (non-hydrogen) atoms. The third kappa shape index (κ3) is 23.7. The first-order valence-electron chi connectivity index (χ1n) is 31.8. The number of ether oxygens (including phenoxy) is 4. The summed E-state index contributed by atoms with van der Waals surface area (Å²) in [7, 11) is 6.17. The van der Waals surface area contributed by atoms with Gasteiger partial charge in [0.1, 0.15) is 35.8 Å². The summed E-state index contributed by atoms with van der Waals surface area (Å²) in [5.41, 5.74) is 7.17. The van der Waals surface area contributed by atoms with Crippen molar-refractivity contribution in [3.63, 3.8) is 0 Å². The van der Waals surface area contributed by atoms with Crippen molar-refractivity contribution in [3.8, 4) is 0 Å². The molecule has 1 aliphatic heterocycles. The summed E-state index contributed by atoms with van der Waals surface area (Å²) >= 11 is 1.47. The average molecular weight is 1310 g/mol. The number of carbonyl (C=O) groups excluding carboxylic acids is 9. The van der Waals surface area contributed by atoms with E-state index in [1.54, 1.807) is 82.1 Å². The van der Waals surface area contributed by atoms with Crippen LogP contribution in [0.2, 0.25) is 0 Å². The minimum Gasteiger partial charge on any atom is -0.445 e. The predicted octanol–water partition coefficient (Wildman–Crippen LogP) is 5.21. The molecule has 3 aromatic rings. The van der Waals surface area contributed by atoms with E-state index < -0.39 is 108 Å². The van der Waals surface area contributed by atoms with Gasteiger partial charge in [-0.15, -0.1) is 11.3 Å². The number of carbonyl (C=O) groups is 9. The third-order valence-electron chi connectivity index (χ3n) is 16.7. The van der Waals surface area contributed by atoms with Gasteiger partial charge in [0.15, 0.2) is 0 Å². The molecule has 10 amide bonds. The number of benzene rings is 2. The Morgan fingerprint density at radius 3 is 2.03 bits per heavy atom. The Labute approximate surface area is 546 Å². The zero-order chi connectivity index (χ0) is 68.2. The number of likely N-dealkylation sites (N-methyl/N-ethyl adjacent to an activating group) is 2. The molecule has 4 rings (SSSR count). The van der Waals surface area contributed by atoms with Gasteiger partial charge in [-0.3, -0.25) is 38.5 Å². The maximum absolute atomic E-state index is 14.9. The zero-order valence-corrected chi connectivity index (χ0v) is 56.7. The van der Waals surface area contributed by atoms with Crippen molar-refractivity contribution in [3.05, 3.63) is 82.3 Å². The topological polar surface area (TPSA) is 347 Å². The molecule has 0 spiro atoms. The van der Waals surface area contributed by atoms with Gasteiger partial charge in [0.05, 0.1) is 62.5 Å². The fourth-order valence-electron chi connectivity index (χ4n) is 11.4. The van der Waals surface area contributed by atoms with E-state index in [1.165, 1.54) is 30.4 Å². The quantitative estimate of drug-likeness (QED) is 0.0268. The van der Waals surface area contributed by atoms with Crippen LogP contribution in [0.1, 0.15) is 129 Å². The highest BCUT2D eigenvalue weighted by molar-refractivity contribution is 7.09. The summed E-state index contributed by atoms with van der Waals surface area (Å²) in [6, 6.07) is 9.96. The molecule has 0 saturated carbocycles. The molecular weight excluding hydrogens is 1200 g/mol. The molecule has 10 N–H and O–H groups in total. The number of urea groups is 1. The minimum atomic E-state index is -1.09. The van der Waals surface area contributed by atoms with E-state index in [1.807, 2.05) is 70.3 Å². The van der Waals surface area contributed by atoms with Crippen molar-refractivity contribution in [2.75, 3.05) is 66.5 Å². The Balaban J connectivity index is 1.40. The van der Waals surface area contributed by atoms with E-state index in [9.17, 15) is 43.2 Å². The molecule has 2 aromatic carbocycles. The van der Waals surface area contributed by atoms with Gasteiger partial charge in [0, 0.05) is 65.1 Å². The summed E-state index contributed by atoms with van der Waals surface area (Å²) in [5, 5.41) is 19.5. The first-order chi connectivity index (χ1) is 43.8. The molecule has 0 radical (unpaired) electrons. The molecule has 512 valence electrons. The third-order valence-corrected chi connectivity index (χ3v) is 17.6. The van der Waals surface area contributed by atoms with Gasteiger partial charge in [-0.25, -0.2) is 20.5 Å². The predicted molar refractivity (Wildman–Crippen MR) is 349 cm³/mol. The monoisotopic (exact) mass is 1310 g/mol. The Kier molecular flexibility index (Phi) is 33.0. The Hall–Kier alpha value is -7.30. The average Bonchev–Trinajstić information content (AvgIpc) is 1.35. The Morgan fingerprint density at radius 1 is 0.761 bits per heavy atom. The van der Waals surface area contributed by atoms with Crippen molar-refractivity contribution in [2.24, 2.45) is 41.2 Å². The Morgan fingerprint density at radius 2 is 1.45 bits per heavy atom. The van der Waals surface area contributed by atoms with Crippen molar-refractivity contribution >= 4 is 70.5 Å². The van der Waals surface area contributed by atoms with E-state index in [-0.39, 0.29) is 88.3 Å². The number of methoxy groups -OCH3 is 2. The lowest BCUT2D eigenvalue weighted by atomic mass is 9.89. The SMILES string of the molecule is CC[C@H](C)[C@@H]([C@@H](CC(=O)N1CCC[C@H]1[C@H](OC)[C@@H](C)C(=O)N[C@@H](Cc1ccccc1)c1nccs1)OC)N(C)C(=O)[C@@H](NC(=O)[C@H](C(C)C)N(C)C(=O)OCc1ccc(NC(=O)[C@H](CCCNC(N)=O)NC(=O)[C@@H](NC(=O)CCOCCON)C(C)C)cc1)C(C)C. The fraction of sp³-hybridized carbons (Fsp3) is 0.631. The number of amides is 10. The van der Waals surface area contributed by atoms with Crippen LogP contribution in [0.15, 0.2) is 66.2 Å². The normalized spacial score (nSPS) is 16.4. The largest absolute Gasteiger partial charge is 0.445 e. The number of anilines is 1. The van der Waals surface area contributed by atoms with Crippen LogP contribution in [-0.4, -0.2) is 183 Å². The fourth-order valence-corrected chi connectivity index (χ4v) is 12.1. The second-order valence-corrected chi connectivity index (χ2v) is 25.4. The summed E-state index contributed by atoms with van der Waals surface area (Å²) in [5.74, 6) is -0.0282. The van der Waals surface area contributed by atoms with Crippen LogP contribution in [0.4, 0.5) is 15.3 Å². The molecule has 1 saturated heterocycles. The number of aromatic nitrogens is 1. The van der Waals surface area contributed by atoms with Gasteiger partial charge < -0.3 is 71.2 Å². The molecule has 2 heterocycles. The van der Waals surface area contributed by atoms with Gasteiger partial charge in [-0.1, -0.05) is 111 Å². The first-order valence-corrected chi connectivity index (χ1v) is 32.6. The standard InChI is InChI=1S/C65H102N12O14S/c1-14-42(8)56(50(87-12)37-52(79)77-31-19-23-49(77)57(88-13)43(9)58(80)72-48(62-68-30-35-92-62)36-44-20-16-15-17-21-44)75(10)63(84)54(40(4)5)74-61(83)55(41(6)7)76(11)65(86)90-38-45-24-26-46(27-25-45)70-59(81)47(22-18-29-69-64(66)85)71-60(82)53(39(2)3)73-51(78)28-32-89-33-34-91-67/h15-17,20-21,24-27,30,35,39-43,47-50,53-57H,14,18-19,22-23,28-29,31-34,36-38,67H2,1-13H3,(H,70,81)(H,71,82)(H,72,80)(H,73,78)(H,74,83)(H3,66,69,85)/t42-,43+,47-,48-,49-,50+,53-,54-,55-,56-,57+/m0/s1. The van der Waals surface area contributed by atoms with Crippen molar-refractivity contribution in [1.29, 1.82) is 0 Å². The molecule has 1 fully saturated rings. The number of hydrogen-bond acceptors (Lipinski definition) is 17. The number of rotatable bonds is 39. The molecule has 1 aromatic heterocycles. The smallest absolute Gasteiger partial charge is 0.410 e. The summed E-state index contributed by atoms with van der Waals surface area (Å²) in [4.78, 5) is 137. The molecule has 11 atom stereocenters. The van der Waals surface area contributed by atoms with Crippen LogP contribution in [0.5, 0.6) is 0 Å². The number of thiazole rings is 1. The molecular formula is C65H102N12O14S. The highest BCUT2D eigenvalue weighted by atomic mass is 32.1. The maximum atomic E-state index is 14.9. The van der Waals surface area contributed by atoms with Gasteiger partial charge in [0.2, 0.25) is 41.4 Å².